The highest BCUT2D eigenvalue weighted by Crippen LogP contribution is 2.24. The molecule has 0 fully saturated rings. The molecule has 1 aromatic carbocycles. The van der Waals surface area contributed by atoms with Gasteiger partial charge >= 0.3 is 6.43 Å². The molecule has 0 radical (unpaired) electrons. The molecule has 0 bridgehead atoms. The van der Waals surface area contributed by atoms with E-state index in [0.717, 1.165) is 0 Å². The van der Waals surface area contributed by atoms with E-state index in [-0.39, 0.29) is 22.2 Å². The van der Waals surface area contributed by atoms with Crippen molar-refractivity contribution >= 4 is 32.8 Å². The molecule has 6 heteroatoms. The zero-order valence-electron chi connectivity index (χ0n) is 7.91. The Kier molecular flexibility index (Phi) is 3.00. The average Bonchev–Trinajstić information content (AvgIpc) is 2.70. The lowest BCUT2D eigenvalue weighted by molar-refractivity contribution is 0.102. The van der Waals surface area contributed by atoms with Crippen LogP contribution in [-0.4, -0.2) is 16.1 Å². The van der Waals surface area contributed by atoms with Crippen molar-refractivity contribution in [2.75, 3.05) is 5.33 Å². The van der Waals surface area contributed by atoms with Gasteiger partial charge in [-0.2, -0.15) is 8.78 Å². The van der Waals surface area contributed by atoms with Gasteiger partial charge in [0.25, 0.3) is 5.89 Å². The monoisotopic (exact) mass is 289 g/mol. The van der Waals surface area contributed by atoms with Gasteiger partial charge in [-0.1, -0.05) is 15.9 Å². The Balaban J connectivity index is 2.49. The van der Waals surface area contributed by atoms with Crippen LogP contribution in [0.3, 0.4) is 0 Å². The van der Waals surface area contributed by atoms with Gasteiger partial charge < -0.3 is 4.42 Å². The van der Waals surface area contributed by atoms with Gasteiger partial charge in [0.05, 0.1) is 5.33 Å². The highest BCUT2D eigenvalue weighted by Gasteiger charge is 2.16. The minimum atomic E-state index is -2.75. The largest absolute Gasteiger partial charge is 0.435 e. The average molecular weight is 290 g/mol. The molecule has 3 nitrogen and oxygen atoms in total. The van der Waals surface area contributed by atoms with E-state index >= 15 is 0 Å². The Labute approximate surface area is 97.6 Å². The van der Waals surface area contributed by atoms with Crippen LogP contribution in [0.4, 0.5) is 8.78 Å². The molecule has 2 aromatic rings. The third-order valence-electron chi connectivity index (χ3n) is 2.03. The number of aromatic nitrogens is 1. The van der Waals surface area contributed by atoms with Gasteiger partial charge in [-0.3, -0.25) is 4.79 Å². The number of hydrogen-bond acceptors (Lipinski definition) is 3. The second-order valence-corrected chi connectivity index (χ2v) is 3.65. The molecule has 1 heterocycles. The summed E-state index contributed by atoms with van der Waals surface area (Å²) in [4.78, 5) is 14.9. The van der Waals surface area contributed by atoms with E-state index in [1.165, 1.54) is 18.2 Å². The summed E-state index contributed by atoms with van der Waals surface area (Å²) >= 11 is 3.03. The van der Waals surface area contributed by atoms with Crippen molar-refractivity contribution < 1.29 is 18.0 Å². The zero-order chi connectivity index (χ0) is 11.7. The van der Waals surface area contributed by atoms with Crippen LogP contribution in [0.2, 0.25) is 0 Å². The van der Waals surface area contributed by atoms with Crippen LogP contribution in [0.15, 0.2) is 22.6 Å². The van der Waals surface area contributed by atoms with Gasteiger partial charge in [0.2, 0.25) is 0 Å². The van der Waals surface area contributed by atoms with Crippen LogP contribution in [-0.2, 0) is 0 Å². The fourth-order valence-electron chi connectivity index (χ4n) is 1.29. The topological polar surface area (TPSA) is 43.1 Å². The molecule has 0 saturated carbocycles. The van der Waals surface area contributed by atoms with Gasteiger partial charge in [-0.25, -0.2) is 4.98 Å². The van der Waals surface area contributed by atoms with Crippen molar-refractivity contribution in [2.24, 2.45) is 0 Å². The number of carbonyl (C=O) groups excluding carboxylic acids is 1. The van der Waals surface area contributed by atoms with Crippen molar-refractivity contribution in [3.05, 3.63) is 29.7 Å². The van der Waals surface area contributed by atoms with E-state index in [9.17, 15) is 13.6 Å². The number of nitrogens with zero attached hydrogens (tertiary/aromatic N) is 1. The maximum atomic E-state index is 12.3. The van der Waals surface area contributed by atoms with Crippen molar-refractivity contribution in [2.45, 2.75) is 6.43 Å². The van der Waals surface area contributed by atoms with Crippen LogP contribution in [0.5, 0.6) is 0 Å². The summed E-state index contributed by atoms with van der Waals surface area (Å²) in [7, 11) is 0. The Morgan fingerprint density at radius 2 is 2.25 bits per heavy atom. The fourth-order valence-corrected chi connectivity index (χ4v) is 1.61. The van der Waals surface area contributed by atoms with Crippen molar-refractivity contribution in [1.29, 1.82) is 0 Å². The molecule has 16 heavy (non-hydrogen) atoms. The first-order valence-electron chi connectivity index (χ1n) is 4.39. The Hall–Kier alpha value is -1.30. The number of alkyl halides is 3. The number of benzene rings is 1. The number of rotatable bonds is 3. The van der Waals surface area contributed by atoms with Crippen LogP contribution in [0.1, 0.15) is 22.7 Å². The van der Waals surface area contributed by atoms with E-state index < -0.39 is 12.3 Å². The van der Waals surface area contributed by atoms with Crippen LogP contribution < -0.4 is 0 Å². The molecule has 0 amide bonds. The lowest BCUT2D eigenvalue weighted by atomic mass is 10.1. The molecule has 0 N–H and O–H groups in total. The summed E-state index contributed by atoms with van der Waals surface area (Å²) in [6.07, 6.45) is -2.75. The first-order chi connectivity index (χ1) is 7.61. The molecular formula is C10H6BrF2NO2. The molecule has 0 aliphatic heterocycles. The van der Waals surface area contributed by atoms with Crippen LogP contribution in [0, 0.1) is 0 Å². The van der Waals surface area contributed by atoms with Crippen LogP contribution in [0.25, 0.3) is 11.1 Å². The normalized spacial score (nSPS) is 11.2. The lowest BCUT2D eigenvalue weighted by Crippen LogP contribution is -1.98. The van der Waals surface area contributed by atoms with E-state index in [2.05, 4.69) is 20.9 Å². The highest BCUT2D eigenvalue weighted by molar-refractivity contribution is 9.09. The molecular weight excluding hydrogens is 284 g/mol. The van der Waals surface area contributed by atoms with E-state index in [1.54, 1.807) is 0 Å². The minimum Gasteiger partial charge on any atom is -0.435 e. The van der Waals surface area contributed by atoms with E-state index in [0.29, 0.717) is 5.56 Å². The Morgan fingerprint density at radius 3 is 2.88 bits per heavy atom. The maximum Gasteiger partial charge on any atom is 0.313 e. The summed E-state index contributed by atoms with van der Waals surface area (Å²) < 4.78 is 29.4. The quantitative estimate of drug-likeness (QED) is 0.643. The third-order valence-corrected chi connectivity index (χ3v) is 2.54. The second kappa shape index (κ2) is 4.29. The summed E-state index contributed by atoms with van der Waals surface area (Å²) in [5.41, 5.74) is 0.932. The maximum absolute atomic E-state index is 12.3. The molecule has 84 valence electrons. The van der Waals surface area contributed by atoms with Gasteiger partial charge in [-0.15, -0.1) is 0 Å². The first kappa shape index (κ1) is 11.2. The molecule has 0 saturated heterocycles. The van der Waals surface area contributed by atoms with Gasteiger partial charge in [0.15, 0.2) is 11.4 Å². The second-order valence-electron chi connectivity index (χ2n) is 3.09. The molecule has 0 unspecified atom stereocenters. The predicted molar refractivity (Wildman–Crippen MR) is 57.1 cm³/mol. The summed E-state index contributed by atoms with van der Waals surface area (Å²) in [5, 5.41) is 0.179. The predicted octanol–water partition coefficient (Wildman–Crippen LogP) is 3.34. The fraction of sp³-hybridized carbons (Fsp3) is 0.200. The molecule has 0 aliphatic carbocycles. The molecule has 0 aliphatic rings. The van der Waals surface area contributed by atoms with Crippen molar-refractivity contribution in [3.63, 3.8) is 0 Å². The molecule has 0 atom stereocenters. The van der Waals surface area contributed by atoms with Crippen molar-refractivity contribution in [1.82, 2.24) is 4.98 Å². The number of hydrogen-bond donors (Lipinski definition) is 0. The Bertz CT molecular complexity index is 539. The summed E-state index contributed by atoms with van der Waals surface area (Å²) in [6.45, 7) is 0. The SMILES string of the molecule is O=C(CBr)c1ccc2oc(C(F)F)nc2c1. The number of halogens is 3. The standard InChI is InChI=1S/C10H6BrF2NO2/c11-4-7(15)5-1-2-8-6(3-5)14-10(16-8)9(12)13/h1-3,9H,4H2. The lowest BCUT2D eigenvalue weighted by Gasteiger charge is -1.94. The Morgan fingerprint density at radius 1 is 1.50 bits per heavy atom. The van der Waals surface area contributed by atoms with Gasteiger partial charge in [0.1, 0.15) is 5.52 Å². The van der Waals surface area contributed by atoms with Gasteiger partial charge in [-0.05, 0) is 18.2 Å². The third kappa shape index (κ3) is 1.97. The number of ketones is 1. The van der Waals surface area contributed by atoms with Crippen LogP contribution >= 0.6 is 15.9 Å². The van der Waals surface area contributed by atoms with E-state index in [1.807, 2.05) is 0 Å². The number of fused-ring (bicyclic) bond motifs is 1. The zero-order valence-corrected chi connectivity index (χ0v) is 9.50. The van der Waals surface area contributed by atoms with Crippen molar-refractivity contribution in [3.8, 4) is 0 Å². The smallest absolute Gasteiger partial charge is 0.313 e. The summed E-state index contributed by atoms with van der Waals surface area (Å²) in [6, 6.07) is 4.42. The number of carbonyl (C=O) groups is 1. The molecule has 2 rings (SSSR count). The van der Waals surface area contributed by atoms with Gasteiger partial charge in [0, 0.05) is 5.56 Å². The molecule has 1 aromatic heterocycles. The van der Waals surface area contributed by atoms with E-state index in [4.69, 9.17) is 4.42 Å². The molecule has 0 spiro atoms. The first-order valence-corrected chi connectivity index (χ1v) is 5.52. The number of Topliss-reactive ketones (excluding diaryl/α,β-unsaturated/α-hetero) is 1. The summed E-state index contributed by atoms with van der Waals surface area (Å²) in [5.74, 6) is -0.762. The minimum absolute atomic E-state index is 0.136. The number of oxazole rings is 1. The highest BCUT2D eigenvalue weighted by atomic mass is 79.9.